The number of ether oxygens (including phenoxy) is 3. The van der Waals surface area contributed by atoms with E-state index in [4.69, 9.17) is 24.6 Å². The van der Waals surface area contributed by atoms with Gasteiger partial charge in [-0.05, 0) is 97.5 Å². The molecule has 0 aliphatic carbocycles. The van der Waals surface area contributed by atoms with Gasteiger partial charge in [-0.25, -0.2) is 0 Å². The fraction of sp³-hybridized carbons (Fsp3) is 0.526. The van der Waals surface area contributed by atoms with Crippen molar-refractivity contribution >= 4 is 52.1 Å². The molecule has 0 spiro atoms. The Morgan fingerprint density at radius 3 is 1.23 bits per heavy atom. The number of hydrogen-bond acceptors (Lipinski definition) is 11. The number of carboxylic acid groups (broad SMARTS) is 1. The predicted octanol–water partition coefficient (Wildman–Crippen LogP) is 3.84. The average molecular weight is 824 g/mol. The molecule has 12 nitrogen and oxygen atoms in total. The van der Waals surface area contributed by atoms with Gasteiger partial charge in [0.15, 0.2) is 5.01 Å². The van der Waals surface area contributed by atoms with Crippen LogP contribution in [0.5, 0.6) is 0 Å². The zero-order chi connectivity index (χ0) is 40.3. The van der Waals surface area contributed by atoms with Gasteiger partial charge in [0.1, 0.15) is 5.78 Å². The summed E-state index contributed by atoms with van der Waals surface area (Å²) in [6, 6.07) is 15.8. The van der Waals surface area contributed by atoms with Gasteiger partial charge in [0.2, 0.25) is 6.29 Å². The molecule has 1 N–H and O–H groups in total. The van der Waals surface area contributed by atoms with E-state index in [-0.39, 0.29) is 74.6 Å². The number of Topliss-reactive ketones (excluding diaryl/α,β-unsaturated/α-hetero) is 1. The Bertz CT molecular complexity index is 1290. The molecule has 4 atom stereocenters. The number of ketones is 1. The molecule has 0 aromatic heterocycles. The predicted molar refractivity (Wildman–Crippen MR) is 195 cm³/mol. The minimum absolute atomic E-state index is 0. The Morgan fingerprint density at radius 2 is 1.00 bits per heavy atom. The Kier molecular flexibility index (Phi) is 35.9. The van der Waals surface area contributed by atoms with E-state index in [0.717, 1.165) is 24.0 Å². The molecule has 0 saturated heterocycles. The van der Waals surface area contributed by atoms with Crippen molar-refractivity contribution in [3.05, 3.63) is 70.8 Å². The summed E-state index contributed by atoms with van der Waals surface area (Å²) in [5, 5.41) is 17.1. The first-order valence-electron chi connectivity index (χ1n) is 16.4. The second-order valence-corrected chi connectivity index (χ2v) is 13.6. The largest absolute Gasteiger partial charge is 1.00 e. The van der Waals surface area contributed by atoms with Crippen LogP contribution in [0.15, 0.2) is 48.5 Å². The number of carbonyl (C=O) groups is 6. The molecule has 2 aromatic carbocycles. The van der Waals surface area contributed by atoms with E-state index in [1.54, 1.807) is 20.8 Å². The second kappa shape index (κ2) is 33.1. The maximum Gasteiger partial charge on any atom is 1.00 e. The molecule has 0 radical (unpaired) electrons. The van der Waals surface area contributed by atoms with Crippen LogP contribution in [0.3, 0.4) is 0 Å². The van der Waals surface area contributed by atoms with E-state index in [1.807, 2.05) is 48.5 Å². The van der Waals surface area contributed by atoms with Crippen LogP contribution in [-0.2, 0) is 60.7 Å². The molecule has 0 fully saturated rings. The van der Waals surface area contributed by atoms with Crippen LogP contribution in [0.2, 0.25) is 0 Å². The van der Waals surface area contributed by atoms with Gasteiger partial charge in [-0.3, -0.25) is 24.0 Å². The van der Waals surface area contributed by atoms with Crippen LogP contribution in [-0.4, -0.2) is 52.5 Å². The summed E-state index contributed by atoms with van der Waals surface area (Å²) in [6.07, 6.45) is 1.20. The summed E-state index contributed by atoms with van der Waals surface area (Å²) in [5.41, 5.74) is 4.28. The van der Waals surface area contributed by atoms with E-state index in [2.05, 4.69) is 53.2 Å². The molecule has 0 bridgehead atoms. The molecule has 288 valence electrons. The molecule has 0 heterocycles. The summed E-state index contributed by atoms with van der Waals surface area (Å²) in [7, 11) is 0. The smallest absolute Gasteiger partial charge is 0.662 e. The van der Waals surface area contributed by atoms with Crippen LogP contribution < -0.4 is 56.6 Å². The number of hydrogen-bond donors (Lipinski definition) is 1. The first-order chi connectivity index (χ1) is 23.6. The maximum absolute atomic E-state index is 12.0. The summed E-state index contributed by atoms with van der Waals surface area (Å²) in [5.74, 6) is -1.32. The molecule has 0 saturated carbocycles. The third-order valence-corrected chi connectivity index (χ3v) is 6.14. The Hall–Kier alpha value is -2.46. The van der Waals surface area contributed by atoms with Crippen molar-refractivity contribution < 1.29 is 110 Å². The van der Waals surface area contributed by atoms with E-state index < -0.39 is 36.0 Å². The van der Waals surface area contributed by atoms with E-state index in [1.165, 1.54) is 45.7 Å². The number of halogens is 1. The summed E-state index contributed by atoms with van der Waals surface area (Å²) >= 11 is 3.03. The summed E-state index contributed by atoms with van der Waals surface area (Å²) in [4.78, 5) is 64.2. The van der Waals surface area contributed by atoms with Crippen LogP contribution in [0.25, 0.3) is 0 Å². The Balaban J connectivity index is -0.000000322. The fourth-order valence-electron chi connectivity index (χ4n) is 3.86. The van der Waals surface area contributed by atoms with Crippen molar-refractivity contribution in [2.75, 3.05) is 0 Å². The van der Waals surface area contributed by atoms with E-state index in [0.29, 0.717) is 11.8 Å². The third-order valence-electron chi connectivity index (χ3n) is 5.95. The monoisotopic (exact) mass is 822 g/mol. The van der Waals surface area contributed by atoms with Crippen molar-refractivity contribution in [1.82, 2.24) is 0 Å². The molecule has 14 heteroatoms. The van der Waals surface area contributed by atoms with Gasteiger partial charge in [-0.2, -0.15) is 0 Å². The minimum atomic E-state index is -0.863. The number of benzene rings is 2. The topological polar surface area (TPSA) is 183 Å². The number of aliphatic carboxylic acids is 1. The quantitative estimate of drug-likeness (QED) is 0.0622. The first kappa shape index (κ1) is 56.3. The number of carboxylic acids is 1. The SMILES string of the molecule is CC(=O)OC(C)Br.CC(=O)OC(C)OC(=O)C(C)c1ccc(CC(C)C)cc1.CC(C)=O.CC(C)Cc1ccc(C(C)C(=O)O)cc1.O=CO[O-].[K+]. The van der Waals surface area contributed by atoms with Crippen molar-refractivity contribution in [3.8, 4) is 0 Å². The van der Waals surface area contributed by atoms with Crippen molar-refractivity contribution in [3.63, 3.8) is 0 Å². The number of carbonyl (C=O) groups excluding carboxylic acids is 5. The maximum atomic E-state index is 12.0. The van der Waals surface area contributed by atoms with Gasteiger partial charge in [0.25, 0.3) is 6.47 Å². The zero-order valence-electron chi connectivity index (χ0n) is 32.9. The molecule has 0 aliphatic rings. The van der Waals surface area contributed by atoms with Gasteiger partial charge in [0.05, 0.1) is 11.8 Å². The van der Waals surface area contributed by atoms with Gasteiger partial charge in [-0.15, -0.1) is 0 Å². The van der Waals surface area contributed by atoms with Crippen LogP contribution in [0.1, 0.15) is 117 Å². The molecular formula is C38H56BrKO12. The average Bonchev–Trinajstić information content (AvgIpc) is 3.00. The van der Waals surface area contributed by atoms with Crippen LogP contribution in [0.4, 0.5) is 0 Å². The molecule has 4 unspecified atom stereocenters. The van der Waals surface area contributed by atoms with Crippen LogP contribution >= 0.6 is 15.9 Å². The van der Waals surface area contributed by atoms with E-state index in [9.17, 15) is 24.0 Å². The third kappa shape index (κ3) is 34.6. The van der Waals surface area contributed by atoms with Crippen LogP contribution in [0, 0.1) is 11.8 Å². The standard InChI is InChI=1S/C17H24O4.C13H18O2.C4H7BrO2.C3H6O.CH2O3.K/c1-11(2)10-15-6-8-16(9-7-15)12(3)17(19)21-14(5)20-13(4)18;1-9(2)8-11-4-6-12(7-5-11)10(3)13(14)15;1-3(5)7-4(2)6;1-3(2)4;2-1-4-3;/h6-9,11-12,14H,10H2,1-5H3;4-7,9-10H,8H2,1-3H3,(H,14,15);3H,1-2H3;1-2H3;1,3H;/q;;;;;+1/p-1. The molecule has 0 amide bonds. The molecular weight excluding hydrogens is 767 g/mol. The summed E-state index contributed by atoms with van der Waals surface area (Å²) < 4.78 is 14.4. The van der Waals surface area contributed by atoms with Gasteiger partial charge >= 0.3 is 75.3 Å². The molecule has 52 heavy (non-hydrogen) atoms. The van der Waals surface area contributed by atoms with Gasteiger partial charge in [0, 0.05) is 20.8 Å². The van der Waals surface area contributed by atoms with Crippen molar-refractivity contribution in [1.29, 1.82) is 0 Å². The van der Waals surface area contributed by atoms with Gasteiger partial charge in [-0.1, -0.05) is 76.2 Å². The molecule has 2 rings (SSSR count). The normalized spacial score (nSPS) is 11.8. The number of alkyl halides is 1. The first-order valence-corrected chi connectivity index (χ1v) is 17.3. The summed E-state index contributed by atoms with van der Waals surface area (Å²) in [6.45, 7) is 21.0. The number of rotatable bonds is 12. The fourth-order valence-corrected chi connectivity index (χ4v) is 4.12. The minimum Gasteiger partial charge on any atom is -0.662 e. The number of esters is 3. The van der Waals surface area contributed by atoms with Crippen molar-refractivity contribution in [2.45, 2.75) is 119 Å². The van der Waals surface area contributed by atoms with Crippen molar-refractivity contribution in [2.24, 2.45) is 11.8 Å². The zero-order valence-corrected chi connectivity index (χ0v) is 37.6. The molecule has 2 aromatic rings. The second-order valence-electron chi connectivity index (χ2n) is 12.3. The van der Waals surface area contributed by atoms with E-state index >= 15 is 0 Å². The Morgan fingerprint density at radius 1 is 0.673 bits per heavy atom. The van der Waals surface area contributed by atoms with Gasteiger partial charge < -0.3 is 34.3 Å². The molecule has 0 aliphatic heterocycles. The Labute approximate surface area is 360 Å².